The third-order valence-corrected chi connectivity index (χ3v) is 2.35. The van der Waals surface area contributed by atoms with Crippen molar-refractivity contribution in [1.29, 1.82) is 0 Å². The number of ether oxygens (including phenoxy) is 2. The summed E-state index contributed by atoms with van der Waals surface area (Å²) in [7, 11) is 0. The summed E-state index contributed by atoms with van der Waals surface area (Å²) >= 11 is 0. The molecule has 0 unspecified atom stereocenters. The highest BCUT2D eigenvalue weighted by Crippen LogP contribution is 2.26. The van der Waals surface area contributed by atoms with Crippen molar-refractivity contribution in [2.45, 2.75) is 13.5 Å². The van der Waals surface area contributed by atoms with Crippen LogP contribution in [-0.2, 0) is 6.61 Å². The van der Waals surface area contributed by atoms with Gasteiger partial charge in [-0.15, -0.1) is 0 Å². The highest BCUT2D eigenvalue weighted by Gasteiger charge is 2.04. The van der Waals surface area contributed by atoms with Gasteiger partial charge < -0.3 is 15.2 Å². The van der Waals surface area contributed by atoms with Gasteiger partial charge in [-0.05, 0) is 31.2 Å². The highest BCUT2D eigenvalue weighted by atomic mass is 16.5. The first-order valence-electron chi connectivity index (χ1n) is 5.85. The lowest BCUT2D eigenvalue weighted by Gasteiger charge is -2.11. The van der Waals surface area contributed by atoms with E-state index in [2.05, 4.69) is 4.98 Å². The van der Waals surface area contributed by atoms with Crippen LogP contribution < -0.4 is 15.2 Å². The van der Waals surface area contributed by atoms with Crippen molar-refractivity contribution >= 4 is 5.82 Å². The number of para-hydroxylation sites is 2. The van der Waals surface area contributed by atoms with Crippen molar-refractivity contribution in [1.82, 2.24) is 4.98 Å². The molecule has 2 N–H and O–H groups in total. The molecule has 0 aliphatic carbocycles. The molecule has 1 heterocycles. The largest absolute Gasteiger partial charge is 0.490 e. The van der Waals surface area contributed by atoms with E-state index in [0.717, 1.165) is 11.4 Å². The first-order chi connectivity index (χ1) is 8.79. The van der Waals surface area contributed by atoms with Crippen LogP contribution in [0.15, 0.2) is 42.5 Å². The Morgan fingerprint density at radius 3 is 2.39 bits per heavy atom. The quantitative estimate of drug-likeness (QED) is 0.878. The monoisotopic (exact) mass is 244 g/mol. The molecule has 1 aromatic carbocycles. The molecule has 1 aromatic heterocycles. The van der Waals surface area contributed by atoms with Gasteiger partial charge in [-0.25, -0.2) is 4.98 Å². The molecule has 0 saturated carbocycles. The number of hydrogen-bond donors (Lipinski definition) is 1. The van der Waals surface area contributed by atoms with E-state index in [1.165, 1.54) is 0 Å². The van der Waals surface area contributed by atoms with E-state index >= 15 is 0 Å². The Balaban J connectivity index is 2.06. The molecule has 0 saturated heterocycles. The topological polar surface area (TPSA) is 57.4 Å². The molecule has 0 aliphatic rings. The van der Waals surface area contributed by atoms with Gasteiger partial charge in [0.25, 0.3) is 0 Å². The Morgan fingerprint density at radius 2 is 1.72 bits per heavy atom. The lowest BCUT2D eigenvalue weighted by atomic mass is 10.3. The van der Waals surface area contributed by atoms with Crippen LogP contribution in [0.3, 0.4) is 0 Å². The van der Waals surface area contributed by atoms with Crippen LogP contribution in [0.2, 0.25) is 0 Å². The summed E-state index contributed by atoms with van der Waals surface area (Å²) in [5.41, 5.74) is 6.41. The van der Waals surface area contributed by atoms with Crippen LogP contribution in [0.4, 0.5) is 5.82 Å². The summed E-state index contributed by atoms with van der Waals surface area (Å²) in [5, 5.41) is 0. The predicted octanol–water partition coefficient (Wildman–Crippen LogP) is 2.64. The van der Waals surface area contributed by atoms with Gasteiger partial charge >= 0.3 is 0 Å². The van der Waals surface area contributed by atoms with E-state index in [4.69, 9.17) is 15.2 Å². The van der Waals surface area contributed by atoms with Gasteiger partial charge in [-0.3, -0.25) is 0 Å². The molecular formula is C14H16N2O2. The molecule has 4 heteroatoms. The van der Waals surface area contributed by atoms with Crippen molar-refractivity contribution < 1.29 is 9.47 Å². The van der Waals surface area contributed by atoms with E-state index in [9.17, 15) is 0 Å². The highest BCUT2D eigenvalue weighted by molar-refractivity contribution is 5.39. The number of benzene rings is 1. The van der Waals surface area contributed by atoms with Gasteiger partial charge in [0.1, 0.15) is 12.4 Å². The first-order valence-corrected chi connectivity index (χ1v) is 5.85. The summed E-state index contributed by atoms with van der Waals surface area (Å²) in [4.78, 5) is 4.18. The molecule has 4 nitrogen and oxygen atoms in total. The third kappa shape index (κ3) is 3.13. The molecule has 0 radical (unpaired) electrons. The van der Waals surface area contributed by atoms with Gasteiger partial charge in [-0.2, -0.15) is 0 Å². The van der Waals surface area contributed by atoms with Crippen LogP contribution in [0.5, 0.6) is 11.5 Å². The summed E-state index contributed by atoms with van der Waals surface area (Å²) in [6, 6.07) is 13.1. The maximum atomic E-state index is 5.69. The predicted molar refractivity (Wildman–Crippen MR) is 70.6 cm³/mol. The van der Waals surface area contributed by atoms with Crippen LogP contribution in [0.25, 0.3) is 0 Å². The number of pyridine rings is 1. The van der Waals surface area contributed by atoms with Gasteiger partial charge in [0.05, 0.1) is 12.3 Å². The zero-order valence-electron chi connectivity index (χ0n) is 10.3. The minimum atomic E-state index is 0.370. The minimum absolute atomic E-state index is 0.370. The molecule has 0 bridgehead atoms. The number of rotatable bonds is 5. The second kappa shape index (κ2) is 5.91. The molecule has 0 aliphatic heterocycles. The van der Waals surface area contributed by atoms with E-state index in [1.807, 2.05) is 43.3 Å². The fourth-order valence-electron chi connectivity index (χ4n) is 1.57. The minimum Gasteiger partial charge on any atom is -0.490 e. The summed E-state index contributed by atoms with van der Waals surface area (Å²) in [6.07, 6.45) is 0. The number of nitrogens with zero attached hydrogens (tertiary/aromatic N) is 1. The van der Waals surface area contributed by atoms with Crippen LogP contribution in [0.1, 0.15) is 12.6 Å². The Morgan fingerprint density at radius 1 is 1.00 bits per heavy atom. The number of anilines is 1. The molecule has 2 rings (SSSR count). The van der Waals surface area contributed by atoms with Gasteiger partial charge in [0.2, 0.25) is 0 Å². The fraction of sp³-hybridized carbons (Fsp3) is 0.214. The van der Waals surface area contributed by atoms with Crippen LogP contribution in [0, 0.1) is 0 Å². The average Bonchev–Trinajstić information content (AvgIpc) is 2.38. The SMILES string of the molecule is CCOc1ccccc1OCc1cccc(N)n1. The zero-order chi connectivity index (χ0) is 12.8. The smallest absolute Gasteiger partial charge is 0.161 e. The van der Waals surface area contributed by atoms with Crippen LogP contribution >= 0.6 is 0 Å². The van der Waals surface area contributed by atoms with Crippen molar-refractivity contribution in [2.75, 3.05) is 12.3 Å². The van der Waals surface area contributed by atoms with E-state index in [0.29, 0.717) is 24.8 Å². The van der Waals surface area contributed by atoms with Crippen molar-refractivity contribution in [3.8, 4) is 11.5 Å². The number of aromatic nitrogens is 1. The maximum absolute atomic E-state index is 5.69. The lowest BCUT2D eigenvalue weighted by Crippen LogP contribution is -2.02. The van der Waals surface area contributed by atoms with E-state index < -0.39 is 0 Å². The Labute approximate surface area is 106 Å². The van der Waals surface area contributed by atoms with Gasteiger partial charge in [0, 0.05) is 0 Å². The van der Waals surface area contributed by atoms with Crippen molar-refractivity contribution in [3.05, 3.63) is 48.2 Å². The first kappa shape index (κ1) is 12.2. The van der Waals surface area contributed by atoms with Crippen LogP contribution in [-0.4, -0.2) is 11.6 Å². The molecular weight excluding hydrogens is 228 g/mol. The summed E-state index contributed by atoms with van der Waals surface area (Å²) in [6.45, 7) is 2.92. The summed E-state index contributed by atoms with van der Waals surface area (Å²) < 4.78 is 11.2. The number of nitrogen functional groups attached to an aromatic ring is 1. The molecule has 2 aromatic rings. The van der Waals surface area contributed by atoms with E-state index in [-0.39, 0.29) is 0 Å². The Hall–Kier alpha value is -2.23. The molecule has 0 amide bonds. The Bertz CT molecular complexity index is 515. The fourth-order valence-corrected chi connectivity index (χ4v) is 1.57. The standard InChI is InChI=1S/C14H16N2O2/c1-2-17-12-7-3-4-8-13(12)18-10-11-6-5-9-14(15)16-11/h3-9H,2,10H2,1H3,(H2,15,16). The van der Waals surface area contributed by atoms with E-state index in [1.54, 1.807) is 6.07 Å². The Kier molecular flexibility index (Phi) is 4.02. The normalized spacial score (nSPS) is 10.1. The summed E-state index contributed by atoms with van der Waals surface area (Å²) in [5.74, 6) is 1.95. The third-order valence-electron chi connectivity index (χ3n) is 2.35. The number of hydrogen-bond acceptors (Lipinski definition) is 4. The van der Waals surface area contributed by atoms with Gasteiger partial charge in [0.15, 0.2) is 11.5 Å². The van der Waals surface area contributed by atoms with Crippen molar-refractivity contribution in [3.63, 3.8) is 0 Å². The number of nitrogens with two attached hydrogens (primary N) is 1. The second-order valence-electron chi connectivity index (χ2n) is 3.72. The van der Waals surface area contributed by atoms with Crippen molar-refractivity contribution in [2.24, 2.45) is 0 Å². The molecule has 94 valence electrons. The zero-order valence-corrected chi connectivity index (χ0v) is 10.3. The molecule has 0 fully saturated rings. The average molecular weight is 244 g/mol. The second-order valence-corrected chi connectivity index (χ2v) is 3.72. The molecule has 0 atom stereocenters. The molecule has 0 spiro atoms. The lowest BCUT2D eigenvalue weighted by molar-refractivity contribution is 0.266. The van der Waals surface area contributed by atoms with Gasteiger partial charge in [-0.1, -0.05) is 18.2 Å². The maximum Gasteiger partial charge on any atom is 0.161 e. The molecule has 18 heavy (non-hydrogen) atoms.